The van der Waals surface area contributed by atoms with Crippen LogP contribution >= 0.6 is 0 Å². The largest absolute Gasteiger partial charge is 0.346 e. The molecule has 1 atom stereocenters. The molecule has 1 aliphatic rings. The Labute approximate surface area is 157 Å². The van der Waals surface area contributed by atoms with E-state index in [9.17, 15) is 0 Å². The Hall–Kier alpha value is -2.99. The van der Waals surface area contributed by atoms with Crippen LogP contribution in [0.3, 0.4) is 0 Å². The zero-order valence-corrected chi connectivity index (χ0v) is 15.1. The quantitative estimate of drug-likeness (QED) is 0.594. The monoisotopic (exact) mass is 358 g/mol. The third-order valence-corrected chi connectivity index (χ3v) is 5.30. The molecule has 0 saturated carbocycles. The van der Waals surface area contributed by atoms with E-state index in [0.29, 0.717) is 5.92 Å². The molecule has 4 heterocycles. The number of likely N-dealkylation sites (tertiary alicyclic amines) is 1. The first kappa shape index (κ1) is 16.2. The van der Waals surface area contributed by atoms with E-state index in [1.165, 1.54) is 12.0 Å². The maximum Gasteiger partial charge on any atom is 0.137 e. The van der Waals surface area contributed by atoms with Crippen molar-refractivity contribution in [3.8, 4) is 11.3 Å². The van der Waals surface area contributed by atoms with Gasteiger partial charge in [0.1, 0.15) is 11.3 Å². The molecule has 27 heavy (non-hydrogen) atoms. The molecule has 1 unspecified atom stereocenters. The summed E-state index contributed by atoms with van der Waals surface area (Å²) in [5.41, 5.74) is 4.17. The lowest BCUT2D eigenvalue weighted by Crippen LogP contribution is -2.21. The zero-order chi connectivity index (χ0) is 18.1. The third-order valence-electron chi connectivity index (χ3n) is 5.30. The first-order valence-corrected chi connectivity index (χ1v) is 9.43. The average Bonchev–Trinajstić information content (AvgIpc) is 3.43. The van der Waals surface area contributed by atoms with Crippen molar-refractivity contribution in [2.24, 2.45) is 5.92 Å². The summed E-state index contributed by atoms with van der Waals surface area (Å²) in [6.07, 6.45) is 7.00. The van der Waals surface area contributed by atoms with E-state index in [0.717, 1.165) is 48.5 Å². The average molecular weight is 358 g/mol. The summed E-state index contributed by atoms with van der Waals surface area (Å²) in [4.78, 5) is 10.1. The van der Waals surface area contributed by atoms with Crippen LogP contribution in [0.2, 0.25) is 0 Å². The molecule has 1 fully saturated rings. The van der Waals surface area contributed by atoms with Gasteiger partial charge in [-0.3, -0.25) is 9.58 Å². The third kappa shape index (κ3) is 3.48. The Balaban J connectivity index is 1.23. The van der Waals surface area contributed by atoms with Crippen LogP contribution in [0.5, 0.6) is 0 Å². The molecule has 1 aromatic carbocycles. The van der Waals surface area contributed by atoms with Crippen molar-refractivity contribution in [1.82, 2.24) is 29.9 Å². The van der Waals surface area contributed by atoms with Gasteiger partial charge in [-0.25, -0.2) is 4.98 Å². The Bertz CT molecular complexity index is 1030. The number of aromatic amines is 1. The molecule has 1 saturated heterocycles. The molecular formula is C21H22N6. The summed E-state index contributed by atoms with van der Waals surface area (Å²) in [6, 6.07) is 14.8. The minimum absolute atomic E-state index is 0.619. The second-order valence-corrected chi connectivity index (χ2v) is 7.34. The highest BCUT2D eigenvalue weighted by atomic mass is 15.4. The molecule has 0 spiro atoms. The standard InChI is InChI=1S/C21H22N6/c1-2-4-16(5-3-1)12-26-9-7-17(13-26)14-27-15-20(24-25-27)19-10-18-6-8-22-21(18)23-11-19/h1-6,8,10-11,15,17H,7,9,12-14H2,(H,22,23). The SMILES string of the molecule is c1ccc(CN2CCC(Cn3cc(-c4cnc5[nH]ccc5c4)nn3)C2)cc1. The van der Waals surface area contributed by atoms with Gasteiger partial charge in [0.05, 0.1) is 6.20 Å². The molecule has 0 aliphatic carbocycles. The normalized spacial score (nSPS) is 17.7. The number of nitrogens with one attached hydrogen (secondary N) is 1. The maximum atomic E-state index is 4.44. The van der Waals surface area contributed by atoms with E-state index in [4.69, 9.17) is 0 Å². The van der Waals surface area contributed by atoms with Crippen molar-refractivity contribution in [2.45, 2.75) is 19.5 Å². The first-order valence-electron chi connectivity index (χ1n) is 9.43. The van der Waals surface area contributed by atoms with Gasteiger partial charge in [-0.15, -0.1) is 5.10 Å². The number of pyridine rings is 1. The molecule has 0 bridgehead atoms. The van der Waals surface area contributed by atoms with Crippen LogP contribution in [-0.4, -0.2) is 43.0 Å². The highest BCUT2D eigenvalue weighted by Crippen LogP contribution is 2.23. The smallest absolute Gasteiger partial charge is 0.137 e. The predicted molar refractivity (Wildman–Crippen MR) is 105 cm³/mol. The number of fused-ring (bicyclic) bond motifs is 1. The molecule has 5 rings (SSSR count). The summed E-state index contributed by atoms with van der Waals surface area (Å²) in [7, 11) is 0. The summed E-state index contributed by atoms with van der Waals surface area (Å²) in [6.45, 7) is 4.20. The second kappa shape index (κ2) is 6.96. The molecule has 1 aliphatic heterocycles. The van der Waals surface area contributed by atoms with Gasteiger partial charge in [-0.2, -0.15) is 0 Å². The maximum absolute atomic E-state index is 4.44. The minimum Gasteiger partial charge on any atom is -0.346 e. The van der Waals surface area contributed by atoms with E-state index in [-0.39, 0.29) is 0 Å². The van der Waals surface area contributed by atoms with Crippen LogP contribution in [0.1, 0.15) is 12.0 Å². The minimum atomic E-state index is 0.619. The van der Waals surface area contributed by atoms with Crippen molar-refractivity contribution in [3.63, 3.8) is 0 Å². The van der Waals surface area contributed by atoms with Crippen molar-refractivity contribution >= 4 is 11.0 Å². The van der Waals surface area contributed by atoms with Crippen LogP contribution < -0.4 is 0 Å². The summed E-state index contributed by atoms with van der Waals surface area (Å²) in [5, 5.41) is 9.79. The first-order chi connectivity index (χ1) is 13.3. The Morgan fingerprint density at radius 2 is 2.07 bits per heavy atom. The van der Waals surface area contributed by atoms with Gasteiger partial charge in [0.15, 0.2) is 0 Å². The van der Waals surface area contributed by atoms with Crippen LogP contribution in [0, 0.1) is 5.92 Å². The molecule has 4 aromatic rings. The molecule has 0 amide bonds. The van der Waals surface area contributed by atoms with Gasteiger partial charge in [-0.05, 0) is 36.6 Å². The predicted octanol–water partition coefficient (Wildman–Crippen LogP) is 3.34. The zero-order valence-electron chi connectivity index (χ0n) is 15.1. The van der Waals surface area contributed by atoms with Crippen LogP contribution in [0.4, 0.5) is 0 Å². The lowest BCUT2D eigenvalue weighted by molar-refractivity contribution is 0.305. The number of rotatable bonds is 5. The summed E-state index contributed by atoms with van der Waals surface area (Å²) < 4.78 is 1.98. The van der Waals surface area contributed by atoms with Gasteiger partial charge in [-0.1, -0.05) is 35.5 Å². The van der Waals surface area contributed by atoms with Crippen molar-refractivity contribution in [1.29, 1.82) is 0 Å². The van der Waals surface area contributed by atoms with Gasteiger partial charge in [0.2, 0.25) is 0 Å². The molecule has 6 heteroatoms. The number of H-pyrrole nitrogens is 1. The number of aromatic nitrogens is 5. The lowest BCUT2D eigenvalue weighted by atomic mass is 10.1. The van der Waals surface area contributed by atoms with Crippen LogP contribution in [0.25, 0.3) is 22.3 Å². The second-order valence-electron chi connectivity index (χ2n) is 7.34. The topological polar surface area (TPSA) is 62.6 Å². The highest BCUT2D eigenvalue weighted by Gasteiger charge is 2.23. The van der Waals surface area contributed by atoms with Gasteiger partial charge in [0.25, 0.3) is 0 Å². The Morgan fingerprint density at radius 1 is 1.15 bits per heavy atom. The van der Waals surface area contributed by atoms with E-state index in [1.54, 1.807) is 0 Å². The van der Waals surface area contributed by atoms with E-state index in [2.05, 4.69) is 61.6 Å². The highest BCUT2D eigenvalue weighted by molar-refractivity contribution is 5.80. The van der Waals surface area contributed by atoms with Crippen molar-refractivity contribution in [3.05, 3.63) is 66.6 Å². The van der Waals surface area contributed by atoms with Crippen LogP contribution in [-0.2, 0) is 13.1 Å². The molecule has 3 aromatic heterocycles. The van der Waals surface area contributed by atoms with Gasteiger partial charge >= 0.3 is 0 Å². The fraction of sp³-hybridized carbons (Fsp3) is 0.286. The number of benzene rings is 1. The molecule has 1 N–H and O–H groups in total. The Morgan fingerprint density at radius 3 is 3.00 bits per heavy atom. The Kier molecular flexibility index (Phi) is 4.18. The van der Waals surface area contributed by atoms with Crippen molar-refractivity contribution < 1.29 is 0 Å². The molecule has 0 radical (unpaired) electrons. The summed E-state index contributed by atoms with van der Waals surface area (Å²) in [5.74, 6) is 0.619. The van der Waals surface area contributed by atoms with E-state index >= 15 is 0 Å². The lowest BCUT2D eigenvalue weighted by Gasteiger charge is -2.16. The fourth-order valence-electron chi connectivity index (χ4n) is 3.91. The van der Waals surface area contributed by atoms with E-state index in [1.807, 2.05) is 29.3 Å². The van der Waals surface area contributed by atoms with Gasteiger partial charge in [0, 0.05) is 43.0 Å². The number of hydrogen-bond acceptors (Lipinski definition) is 4. The molecule has 6 nitrogen and oxygen atoms in total. The van der Waals surface area contributed by atoms with Crippen LogP contribution in [0.15, 0.2) is 61.1 Å². The van der Waals surface area contributed by atoms with Gasteiger partial charge < -0.3 is 4.98 Å². The number of nitrogens with zero attached hydrogens (tertiary/aromatic N) is 5. The van der Waals surface area contributed by atoms with E-state index < -0.39 is 0 Å². The molecular weight excluding hydrogens is 336 g/mol. The summed E-state index contributed by atoms with van der Waals surface area (Å²) >= 11 is 0. The fourth-order valence-corrected chi connectivity index (χ4v) is 3.91. The molecule has 136 valence electrons. The number of hydrogen-bond donors (Lipinski definition) is 1. The van der Waals surface area contributed by atoms with Crippen molar-refractivity contribution in [2.75, 3.05) is 13.1 Å².